The number of aliphatic hydroxyl groups is 1. The Hall–Kier alpha value is -1.20. The van der Waals surface area contributed by atoms with Crippen molar-refractivity contribution in [3.05, 3.63) is 29.3 Å². The predicted molar refractivity (Wildman–Crippen MR) is 79.3 cm³/mol. The van der Waals surface area contributed by atoms with Crippen LogP contribution in [0.5, 0.6) is 5.75 Å². The Morgan fingerprint density at radius 3 is 2.14 bits per heavy atom. The van der Waals surface area contributed by atoms with Gasteiger partial charge in [0.2, 0.25) is 0 Å². The van der Waals surface area contributed by atoms with E-state index < -0.39 is 23.0 Å². The minimum Gasteiger partial charge on any atom is -0.485 e. The molecule has 1 unspecified atom stereocenters. The smallest absolute Gasteiger partial charge is 0.190 e. The Morgan fingerprint density at radius 2 is 1.71 bits per heavy atom. The van der Waals surface area contributed by atoms with Crippen LogP contribution in [-0.2, 0) is 6.54 Å². The van der Waals surface area contributed by atoms with Gasteiger partial charge in [-0.25, -0.2) is 8.78 Å². The van der Waals surface area contributed by atoms with E-state index in [0.29, 0.717) is 12.1 Å². The summed E-state index contributed by atoms with van der Waals surface area (Å²) in [6.45, 7) is 9.34. The summed E-state index contributed by atoms with van der Waals surface area (Å²) in [4.78, 5) is 0. The molecule has 0 heterocycles. The number of hydrogen-bond donors (Lipinski definition) is 2. The van der Waals surface area contributed by atoms with Crippen molar-refractivity contribution in [2.45, 2.75) is 52.8 Å². The summed E-state index contributed by atoms with van der Waals surface area (Å²) in [5.74, 6) is -2.03. The molecule has 0 spiro atoms. The topological polar surface area (TPSA) is 41.5 Å². The normalized spacial score (nSPS) is 14.6. The third-order valence-corrected chi connectivity index (χ3v) is 3.53. The van der Waals surface area contributed by atoms with Crippen molar-refractivity contribution < 1.29 is 18.6 Å². The molecular weight excluding hydrogens is 276 g/mol. The fraction of sp³-hybridized carbons (Fsp3) is 0.625. The number of rotatable bonds is 7. The molecule has 2 N–H and O–H groups in total. The largest absolute Gasteiger partial charge is 0.485 e. The molecule has 0 radical (unpaired) electrons. The molecule has 3 nitrogen and oxygen atoms in total. The molecule has 1 aromatic rings. The average molecular weight is 301 g/mol. The highest BCUT2D eigenvalue weighted by Gasteiger charge is 2.27. The van der Waals surface area contributed by atoms with E-state index in [1.165, 1.54) is 12.1 Å². The third-order valence-electron chi connectivity index (χ3n) is 3.53. The second-order valence-corrected chi connectivity index (χ2v) is 6.22. The standard InChI is InChI=1S/C16H25F2NO2/c1-10(2)16(5,20)9-21-15-13(17)6-12(7-14(15)18)8-19-11(3)4/h6-7,10-11,19-20H,8-9H2,1-5H3. The summed E-state index contributed by atoms with van der Waals surface area (Å²) in [6.07, 6.45) is 0. The van der Waals surface area contributed by atoms with Crippen molar-refractivity contribution in [2.75, 3.05) is 6.61 Å². The maximum Gasteiger partial charge on any atom is 0.190 e. The SMILES string of the molecule is CC(C)NCc1cc(F)c(OCC(C)(O)C(C)C)c(F)c1. The summed E-state index contributed by atoms with van der Waals surface area (Å²) in [5.41, 5.74) is -0.627. The molecule has 0 aromatic heterocycles. The molecule has 21 heavy (non-hydrogen) atoms. The highest BCUT2D eigenvalue weighted by molar-refractivity contribution is 5.31. The second-order valence-electron chi connectivity index (χ2n) is 6.22. The van der Waals surface area contributed by atoms with E-state index in [0.717, 1.165) is 0 Å². The molecule has 0 saturated carbocycles. The van der Waals surface area contributed by atoms with Gasteiger partial charge >= 0.3 is 0 Å². The highest BCUT2D eigenvalue weighted by Crippen LogP contribution is 2.26. The van der Waals surface area contributed by atoms with Gasteiger partial charge in [-0.15, -0.1) is 0 Å². The van der Waals surface area contributed by atoms with Gasteiger partial charge in [0.1, 0.15) is 6.61 Å². The first-order valence-corrected chi connectivity index (χ1v) is 7.20. The summed E-state index contributed by atoms with van der Waals surface area (Å²) in [7, 11) is 0. The van der Waals surface area contributed by atoms with Crippen molar-refractivity contribution in [1.82, 2.24) is 5.32 Å². The van der Waals surface area contributed by atoms with E-state index in [1.807, 2.05) is 27.7 Å². The van der Waals surface area contributed by atoms with E-state index in [2.05, 4.69) is 5.32 Å². The minimum absolute atomic E-state index is 0.0851. The lowest BCUT2D eigenvalue weighted by molar-refractivity contribution is -0.0284. The predicted octanol–water partition coefficient (Wildman–Crippen LogP) is 3.25. The molecule has 1 rings (SSSR count). The Morgan fingerprint density at radius 1 is 1.19 bits per heavy atom. The van der Waals surface area contributed by atoms with Gasteiger partial charge in [-0.3, -0.25) is 0 Å². The fourth-order valence-electron chi connectivity index (χ4n) is 1.56. The molecule has 5 heteroatoms. The van der Waals surface area contributed by atoms with Crippen LogP contribution in [0.4, 0.5) is 8.78 Å². The maximum absolute atomic E-state index is 13.9. The van der Waals surface area contributed by atoms with Crippen molar-refractivity contribution in [2.24, 2.45) is 5.92 Å². The monoisotopic (exact) mass is 301 g/mol. The van der Waals surface area contributed by atoms with E-state index in [-0.39, 0.29) is 18.6 Å². The lowest BCUT2D eigenvalue weighted by Gasteiger charge is -2.27. The van der Waals surface area contributed by atoms with Crippen LogP contribution in [0.25, 0.3) is 0 Å². The van der Waals surface area contributed by atoms with E-state index in [1.54, 1.807) is 6.92 Å². The highest BCUT2D eigenvalue weighted by atomic mass is 19.1. The molecule has 0 aliphatic carbocycles. The van der Waals surface area contributed by atoms with Crippen LogP contribution in [0.2, 0.25) is 0 Å². The van der Waals surface area contributed by atoms with Gasteiger partial charge in [-0.1, -0.05) is 27.7 Å². The molecule has 1 atom stereocenters. The third kappa shape index (κ3) is 5.25. The number of benzene rings is 1. The zero-order chi connectivity index (χ0) is 16.2. The van der Waals surface area contributed by atoms with Gasteiger partial charge in [0.15, 0.2) is 17.4 Å². The van der Waals surface area contributed by atoms with Crippen LogP contribution in [0, 0.1) is 17.6 Å². The molecule has 0 fully saturated rings. The lowest BCUT2D eigenvalue weighted by Crippen LogP contribution is -2.38. The van der Waals surface area contributed by atoms with Gasteiger partial charge in [-0.05, 0) is 30.5 Å². The number of halogens is 2. The van der Waals surface area contributed by atoms with Gasteiger partial charge in [0.05, 0.1) is 5.60 Å². The molecule has 0 aliphatic rings. The first-order chi connectivity index (χ1) is 9.63. The van der Waals surface area contributed by atoms with Gasteiger partial charge in [0.25, 0.3) is 0 Å². The summed E-state index contributed by atoms with van der Waals surface area (Å²) in [5, 5.41) is 13.1. The number of nitrogens with one attached hydrogen (secondary N) is 1. The van der Waals surface area contributed by atoms with E-state index in [4.69, 9.17) is 4.74 Å². The average Bonchev–Trinajstić information content (AvgIpc) is 2.35. The lowest BCUT2D eigenvalue weighted by atomic mass is 9.94. The Balaban J connectivity index is 2.81. The van der Waals surface area contributed by atoms with Gasteiger partial charge < -0.3 is 15.2 Å². The van der Waals surface area contributed by atoms with Crippen LogP contribution in [-0.4, -0.2) is 23.4 Å². The second kappa shape index (κ2) is 7.18. The molecule has 0 amide bonds. The summed E-state index contributed by atoms with van der Waals surface area (Å²) in [6, 6.07) is 2.73. The van der Waals surface area contributed by atoms with Crippen LogP contribution >= 0.6 is 0 Å². The zero-order valence-corrected chi connectivity index (χ0v) is 13.3. The minimum atomic E-state index is -1.14. The van der Waals surface area contributed by atoms with Gasteiger partial charge in [0, 0.05) is 12.6 Å². The molecule has 120 valence electrons. The van der Waals surface area contributed by atoms with Crippen molar-refractivity contribution in [1.29, 1.82) is 0 Å². The first-order valence-electron chi connectivity index (χ1n) is 7.20. The first kappa shape index (κ1) is 17.9. The maximum atomic E-state index is 13.9. The Labute approximate surface area is 125 Å². The van der Waals surface area contributed by atoms with Crippen LogP contribution < -0.4 is 10.1 Å². The van der Waals surface area contributed by atoms with Crippen LogP contribution in [0.3, 0.4) is 0 Å². The van der Waals surface area contributed by atoms with Crippen LogP contribution in [0.15, 0.2) is 12.1 Å². The van der Waals surface area contributed by atoms with Crippen molar-refractivity contribution >= 4 is 0 Å². The fourth-order valence-corrected chi connectivity index (χ4v) is 1.56. The van der Waals surface area contributed by atoms with E-state index >= 15 is 0 Å². The molecular formula is C16H25F2NO2. The number of ether oxygens (including phenoxy) is 1. The summed E-state index contributed by atoms with van der Waals surface area (Å²) >= 11 is 0. The number of hydrogen-bond acceptors (Lipinski definition) is 3. The molecule has 0 aliphatic heterocycles. The van der Waals surface area contributed by atoms with Crippen LogP contribution in [0.1, 0.15) is 40.2 Å². The molecule has 0 bridgehead atoms. The molecule has 1 aromatic carbocycles. The molecule has 0 saturated heterocycles. The van der Waals surface area contributed by atoms with Crippen molar-refractivity contribution in [3.8, 4) is 5.75 Å². The Kier molecular flexibility index (Phi) is 6.10. The Bertz CT molecular complexity index is 450. The van der Waals surface area contributed by atoms with Gasteiger partial charge in [-0.2, -0.15) is 0 Å². The van der Waals surface area contributed by atoms with Crippen molar-refractivity contribution in [3.63, 3.8) is 0 Å². The van der Waals surface area contributed by atoms with E-state index in [9.17, 15) is 13.9 Å². The zero-order valence-electron chi connectivity index (χ0n) is 13.3. The quantitative estimate of drug-likeness (QED) is 0.812. The summed E-state index contributed by atoms with van der Waals surface area (Å²) < 4.78 is 33.0.